The molecular formula is C37H44F4O6. The van der Waals surface area contributed by atoms with Gasteiger partial charge in [-0.3, -0.25) is 0 Å². The fraction of sp³-hybridized carbons (Fsp3) is 0.459. The number of rotatable bonds is 20. The molecule has 3 aromatic rings. The van der Waals surface area contributed by atoms with Gasteiger partial charge in [-0.25, -0.2) is 14.0 Å². The van der Waals surface area contributed by atoms with Crippen LogP contribution in [0.3, 0.4) is 0 Å². The minimum absolute atomic E-state index is 0.121. The molecule has 0 aliphatic carbocycles. The average Bonchev–Trinajstić information content (AvgIpc) is 3.06. The van der Waals surface area contributed by atoms with Crippen molar-refractivity contribution in [2.75, 3.05) is 20.3 Å². The van der Waals surface area contributed by atoms with Gasteiger partial charge in [0.1, 0.15) is 5.75 Å². The van der Waals surface area contributed by atoms with Crippen LogP contribution in [0.4, 0.5) is 17.6 Å². The largest absolute Gasteiger partial charge is 0.494 e. The smallest absolute Gasteiger partial charge is 0.425 e. The molecule has 0 fully saturated rings. The van der Waals surface area contributed by atoms with E-state index in [1.54, 1.807) is 12.1 Å². The lowest BCUT2D eigenvalue weighted by Crippen LogP contribution is -2.34. The van der Waals surface area contributed by atoms with Crippen molar-refractivity contribution in [1.82, 2.24) is 0 Å². The number of carbonyl (C=O) groups excluding carboxylic acids is 2. The van der Waals surface area contributed by atoms with E-state index in [-0.39, 0.29) is 18.6 Å². The summed E-state index contributed by atoms with van der Waals surface area (Å²) in [6, 6.07) is 16.9. The summed E-state index contributed by atoms with van der Waals surface area (Å²) in [7, 11) is 1.43. The van der Waals surface area contributed by atoms with Crippen LogP contribution in [0.2, 0.25) is 0 Å². The second kappa shape index (κ2) is 19.7. The minimum Gasteiger partial charge on any atom is -0.494 e. The fourth-order valence-corrected chi connectivity index (χ4v) is 4.90. The van der Waals surface area contributed by atoms with Crippen LogP contribution in [0.15, 0.2) is 66.7 Å². The summed E-state index contributed by atoms with van der Waals surface area (Å²) in [5.74, 6) is -2.97. The van der Waals surface area contributed by atoms with Gasteiger partial charge in [0, 0.05) is 13.7 Å². The minimum atomic E-state index is -4.78. The third-order valence-corrected chi connectivity index (χ3v) is 7.62. The van der Waals surface area contributed by atoms with Crippen molar-refractivity contribution in [3.05, 3.63) is 83.7 Å². The Labute approximate surface area is 274 Å². The van der Waals surface area contributed by atoms with Crippen LogP contribution in [-0.2, 0) is 9.47 Å². The van der Waals surface area contributed by atoms with Crippen molar-refractivity contribution in [1.29, 1.82) is 0 Å². The molecule has 0 saturated heterocycles. The molecule has 10 heteroatoms. The Balaban J connectivity index is 1.49. The van der Waals surface area contributed by atoms with Crippen LogP contribution in [0.1, 0.15) is 98.3 Å². The number of unbranched alkanes of at least 4 members (excludes halogenated alkanes) is 8. The van der Waals surface area contributed by atoms with E-state index in [4.69, 9.17) is 14.2 Å². The lowest BCUT2D eigenvalue weighted by Gasteiger charge is -2.20. The number of benzene rings is 3. The van der Waals surface area contributed by atoms with Gasteiger partial charge in [0.15, 0.2) is 17.7 Å². The van der Waals surface area contributed by atoms with Gasteiger partial charge in [-0.05, 0) is 79.3 Å². The summed E-state index contributed by atoms with van der Waals surface area (Å²) in [5, 5.41) is 0. The molecule has 0 aliphatic heterocycles. The number of ether oxygens (including phenoxy) is 4. The molecule has 0 aliphatic rings. The molecule has 3 rings (SSSR count). The maximum atomic E-state index is 14.7. The van der Waals surface area contributed by atoms with Crippen molar-refractivity contribution >= 4 is 11.9 Å². The van der Waals surface area contributed by atoms with E-state index >= 15 is 0 Å². The predicted molar refractivity (Wildman–Crippen MR) is 172 cm³/mol. The molecule has 3 aromatic carbocycles. The highest BCUT2D eigenvalue weighted by Crippen LogP contribution is 2.29. The van der Waals surface area contributed by atoms with Crippen molar-refractivity contribution in [2.24, 2.45) is 0 Å². The highest BCUT2D eigenvalue weighted by atomic mass is 19.4. The van der Waals surface area contributed by atoms with Crippen molar-refractivity contribution in [2.45, 2.75) is 89.8 Å². The van der Waals surface area contributed by atoms with Gasteiger partial charge in [-0.1, -0.05) is 76.1 Å². The quantitative estimate of drug-likeness (QED) is 0.0520. The zero-order valence-corrected chi connectivity index (χ0v) is 27.1. The van der Waals surface area contributed by atoms with Crippen LogP contribution < -0.4 is 9.47 Å². The highest BCUT2D eigenvalue weighted by Gasteiger charge is 2.42. The SMILES string of the molecule is CCCCCCCCCCOc1ccc(-c2ccc(C(=O)Oc3ccc(C(=O)O[C@H](CCCCOC)C(F)(F)F)cc3F)cc2)cc1. The third-order valence-electron chi connectivity index (χ3n) is 7.62. The third kappa shape index (κ3) is 13.0. The van der Waals surface area contributed by atoms with E-state index in [0.717, 1.165) is 41.9 Å². The summed E-state index contributed by atoms with van der Waals surface area (Å²) in [6.07, 6.45) is 2.80. The highest BCUT2D eigenvalue weighted by molar-refractivity contribution is 5.92. The van der Waals surface area contributed by atoms with Gasteiger partial charge in [0.05, 0.1) is 17.7 Å². The molecule has 6 nitrogen and oxygen atoms in total. The Morgan fingerprint density at radius 2 is 1.28 bits per heavy atom. The average molecular weight is 661 g/mol. The number of hydrogen-bond acceptors (Lipinski definition) is 6. The van der Waals surface area contributed by atoms with Crippen LogP contribution >= 0.6 is 0 Å². The van der Waals surface area contributed by atoms with Gasteiger partial charge in [0.25, 0.3) is 0 Å². The van der Waals surface area contributed by atoms with E-state index in [9.17, 15) is 27.2 Å². The molecule has 0 N–H and O–H groups in total. The molecule has 0 amide bonds. The zero-order valence-electron chi connectivity index (χ0n) is 27.1. The number of alkyl halides is 3. The normalized spacial score (nSPS) is 12.0. The number of carbonyl (C=O) groups is 2. The number of halogens is 4. The molecule has 47 heavy (non-hydrogen) atoms. The summed E-state index contributed by atoms with van der Waals surface area (Å²) >= 11 is 0. The Bertz CT molecular complexity index is 1370. The van der Waals surface area contributed by atoms with Gasteiger partial charge in [-0.15, -0.1) is 0 Å². The fourth-order valence-electron chi connectivity index (χ4n) is 4.90. The molecule has 0 saturated carbocycles. The van der Waals surface area contributed by atoms with E-state index in [1.165, 1.54) is 57.8 Å². The monoisotopic (exact) mass is 660 g/mol. The summed E-state index contributed by atoms with van der Waals surface area (Å²) in [5.41, 5.74) is 1.48. The lowest BCUT2D eigenvalue weighted by atomic mass is 10.0. The number of methoxy groups -OCH3 is 1. The standard InChI is InChI=1S/C37H44F4O6/c1-3-4-5-6-7-8-9-11-25-45-31-21-18-28(19-22-31)27-14-16-29(17-15-27)35(42)46-33-23-20-30(26-32(33)38)36(43)47-34(37(39,40)41)13-10-12-24-44-2/h14-23,26,34H,3-13,24-25H2,1-2H3/t34-/m1/s1. The van der Waals surface area contributed by atoms with Crippen LogP contribution in [0.5, 0.6) is 11.5 Å². The van der Waals surface area contributed by atoms with Crippen molar-refractivity contribution < 1.29 is 46.1 Å². The second-order valence-corrected chi connectivity index (χ2v) is 11.4. The van der Waals surface area contributed by atoms with Crippen LogP contribution in [0.25, 0.3) is 11.1 Å². The first-order valence-corrected chi connectivity index (χ1v) is 16.2. The molecule has 0 aromatic heterocycles. The Kier molecular flexibility index (Phi) is 15.7. The Hall–Kier alpha value is -3.92. The molecular weight excluding hydrogens is 616 g/mol. The summed E-state index contributed by atoms with van der Waals surface area (Å²) < 4.78 is 75.2. The van der Waals surface area contributed by atoms with E-state index in [0.29, 0.717) is 19.1 Å². The van der Waals surface area contributed by atoms with Gasteiger partial charge < -0.3 is 18.9 Å². The van der Waals surface area contributed by atoms with E-state index in [1.807, 2.05) is 24.3 Å². The first kappa shape index (κ1) is 37.5. The van der Waals surface area contributed by atoms with Crippen LogP contribution in [0, 0.1) is 5.82 Å². The maximum Gasteiger partial charge on any atom is 0.425 e. The van der Waals surface area contributed by atoms with E-state index < -0.39 is 47.8 Å². The zero-order chi connectivity index (χ0) is 34.1. The second-order valence-electron chi connectivity index (χ2n) is 11.4. The maximum absolute atomic E-state index is 14.7. The molecule has 0 heterocycles. The van der Waals surface area contributed by atoms with Crippen molar-refractivity contribution in [3.63, 3.8) is 0 Å². The number of esters is 2. The predicted octanol–water partition coefficient (Wildman–Crippen LogP) is 10.1. The summed E-state index contributed by atoms with van der Waals surface area (Å²) in [4.78, 5) is 25.0. The first-order valence-electron chi connectivity index (χ1n) is 16.2. The molecule has 0 radical (unpaired) electrons. The topological polar surface area (TPSA) is 71.1 Å². The van der Waals surface area contributed by atoms with Crippen LogP contribution in [-0.4, -0.2) is 44.5 Å². The van der Waals surface area contributed by atoms with Gasteiger partial charge in [-0.2, -0.15) is 13.2 Å². The van der Waals surface area contributed by atoms with Gasteiger partial charge >= 0.3 is 18.1 Å². The molecule has 0 unspecified atom stereocenters. The number of hydrogen-bond donors (Lipinski definition) is 0. The van der Waals surface area contributed by atoms with Gasteiger partial charge in [0.2, 0.25) is 0 Å². The first-order chi connectivity index (χ1) is 22.6. The molecule has 0 spiro atoms. The molecule has 256 valence electrons. The Morgan fingerprint density at radius 3 is 1.87 bits per heavy atom. The summed E-state index contributed by atoms with van der Waals surface area (Å²) in [6.45, 7) is 3.17. The molecule has 0 bridgehead atoms. The van der Waals surface area contributed by atoms with E-state index in [2.05, 4.69) is 11.7 Å². The molecule has 1 atom stereocenters. The lowest BCUT2D eigenvalue weighted by molar-refractivity contribution is -0.206. The van der Waals surface area contributed by atoms with Crippen molar-refractivity contribution in [3.8, 4) is 22.6 Å². The Morgan fingerprint density at radius 1 is 0.702 bits per heavy atom.